The molecule has 1 aromatic heterocycles. The standard InChI is InChI=1S/C21H32N2O3/c1-6-23-15(3)18(20(16(23)4)21(25)26-7-2)13-14-19(24)22(5)17-11-9-8-10-12-17/h13-14,17H,6-12H2,1-5H3/b14-13+. The normalized spacial score (nSPS) is 15.4. The average Bonchev–Trinajstić information content (AvgIpc) is 2.89. The van der Waals surface area contributed by atoms with Crippen molar-refractivity contribution < 1.29 is 14.3 Å². The average molecular weight is 360 g/mol. The lowest BCUT2D eigenvalue weighted by molar-refractivity contribution is -0.127. The monoisotopic (exact) mass is 360 g/mol. The zero-order chi connectivity index (χ0) is 19.3. The van der Waals surface area contributed by atoms with Crippen LogP contribution < -0.4 is 0 Å². The summed E-state index contributed by atoms with van der Waals surface area (Å²) in [4.78, 5) is 26.9. The van der Waals surface area contributed by atoms with Crippen LogP contribution in [-0.4, -0.2) is 41.0 Å². The van der Waals surface area contributed by atoms with Crippen molar-refractivity contribution in [2.45, 2.75) is 72.4 Å². The summed E-state index contributed by atoms with van der Waals surface area (Å²) in [5, 5.41) is 0. The number of nitrogens with zero attached hydrogens (tertiary/aromatic N) is 2. The predicted molar refractivity (Wildman–Crippen MR) is 104 cm³/mol. The second-order valence-electron chi connectivity index (χ2n) is 7.00. The third-order valence-corrected chi connectivity index (χ3v) is 5.49. The van der Waals surface area contributed by atoms with E-state index >= 15 is 0 Å². The summed E-state index contributed by atoms with van der Waals surface area (Å²) in [6, 6.07) is 0.327. The molecule has 5 heteroatoms. The van der Waals surface area contributed by atoms with E-state index in [1.54, 1.807) is 19.1 Å². The Morgan fingerprint density at radius 1 is 1.15 bits per heavy atom. The van der Waals surface area contributed by atoms with Crippen LogP contribution in [0.2, 0.25) is 0 Å². The van der Waals surface area contributed by atoms with E-state index in [1.165, 1.54) is 19.3 Å². The Hall–Kier alpha value is -2.04. The van der Waals surface area contributed by atoms with Crippen molar-refractivity contribution in [3.8, 4) is 0 Å². The largest absolute Gasteiger partial charge is 0.462 e. The van der Waals surface area contributed by atoms with Crippen molar-refractivity contribution >= 4 is 18.0 Å². The van der Waals surface area contributed by atoms with Gasteiger partial charge in [0.25, 0.3) is 0 Å². The number of ether oxygens (including phenoxy) is 1. The zero-order valence-electron chi connectivity index (χ0n) is 16.8. The summed E-state index contributed by atoms with van der Waals surface area (Å²) in [7, 11) is 1.88. The predicted octanol–water partition coefficient (Wildman–Crippen LogP) is 4.11. The Labute approximate surface area is 157 Å². The van der Waals surface area contributed by atoms with Gasteiger partial charge in [0.15, 0.2) is 0 Å². The van der Waals surface area contributed by atoms with Crippen molar-refractivity contribution in [3.05, 3.63) is 28.6 Å². The van der Waals surface area contributed by atoms with Crippen LogP contribution in [0.3, 0.4) is 0 Å². The van der Waals surface area contributed by atoms with Crippen LogP contribution in [0.5, 0.6) is 0 Å². The molecule has 144 valence electrons. The lowest BCUT2D eigenvalue weighted by Gasteiger charge is -2.30. The minimum absolute atomic E-state index is 0.00647. The van der Waals surface area contributed by atoms with Gasteiger partial charge in [-0.2, -0.15) is 0 Å². The molecule has 1 amide bonds. The molecule has 0 unspecified atom stereocenters. The van der Waals surface area contributed by atoms with Crippen molar-refractivity contribution in [3.63, 3.8) is 0 Å². The van der Waals surface area contributed by atoms with Gasteiger partial charge in [-0.3, -0.25) is 4.79 Å². The summed E-state index contributed by atoms with van der Waals surface area (Å²) in [5.74, 6) is -0.332. The topological polar surface area (TPSA) is 51.5 Å². The van der Waals surface area contributed by atoms with Gasteiger partial charge in [-0.1, -0.05) is 19.3 Å². The van der Waals surface area contributed by atoms with E-state index < -0.39 is 0 Å². The second kappa shape index (κ2) is 9.06. The quantitative estimate of drug-likeness (QED) is 0.567. The van der Waals surface area contributed by atoms with Crippen molar-refractivity contribution in [1.82, 2.24) is 9.47 Å². The number of hydrogen-bond acceptors (Lipinski definition) is 3. The molecule has 0 N–H and O–H groups in total. The Morgan fingerprint density at radius 2 is 1.81 bits per heavy atom. The molecule has 2 rings (SSSR count). The SMILES string of the molecule is CCOC(=O)c1c(/C=C/C(=O)N(C)C2CCCCC2)c(C)n(CC)c1C. The summed E-state index contributed by atoms with van der Waals surface area (Å²) < 4.78 is 7.31. The van der Waals surface area contributed by atoms with Gasteiger partial charge in [-0.05, 0) is 46.6 Å². The van der Waals surface area contributed by atoms with Crippen LogP contribution in [-0.2, 0) is 16.1 Å². The van der Waals surface area contributed by atoms with E-state index in [1.807, 2.05) is 32.7 Å². The number of carbonyl (C=O) groups excluding carboxylic acids is 2. The highest BCUT2D eigenvalue weighted by Crippen LogP contribution is 2.26. The first-order chi connectivity index (χ1) is 12.4. The molecule has 0 aliphatic heterocycles. The number of amides is 1. The van der Waals surface area contributed by atoms with Crippen molar-refractivity contribution in [2.24, 2.45) is 0 Å². The minimum atomic E-state index is -0.326. The maximum absolute atomic E-state index is 12.6. The van der Waals surface area contributed by atoms with Crippen LogP contribution in [0.15, 0.2) is 6.08 Å². The lowest BCUT2D eigenvalue weighted by atomic mass is 9.94. The van der Waals surface area contributed by atoms with Crippen LogP contribution in [0.25, 0.3) is 6.08 Å². The molecular formula is C21H32N2O3. The Kier molecular flexibility index (Phi) is 7.06. The molecule has 0 atom stereocenters. The first-order valence-corrected chi connectivity index (χ1v) is 9.73. The summed E-state index contributed by atoms with van der Waals surface area (Å²) in [6.07, 6.45) is 9.18. The van der Waals surface area contributed by atoms with E-state index in [0.29, 0.717) is 18.2 Å². The van der Waals surface area contributed by atoms with E-state index in [-0.39, 0.29) is 11.9 Å². The maximum atomic E-state index is 12.6. The fourth-order valence-corrected chi connectivity index (χ4v) is 3.97. The van der Waals surface area contributed by atoms with Crippen molar-refractivity contribution in [2.75, 3.05) is 13.7 Å². The number of hydrogen-bond donors (Lipinski definition) is 0. The molecule has 1 aliphatic carbocycles. The van der Waals surface area contributed by atoms with Crippen molar-refractivity contribution in [1.29, 1.82) is 0 Å². The van der Waals surface area contributed by atoms with Gasteiger partial charge in [-0.15, -0.1) is 0 Å². The number of rotatable bonds is 6. The summed E-state index contributed by atoms with van der Waals surface area (Å²) >= 11 is 0. The van der Waals surface area contributed by atoms with Gasteiger partial charge in [0.05, 0.1) is 12.2 Å². The summed E-state index contributed by atoms with van der Waals surface area (Å²) in [6.45, 7) is 8.86. The number of esters is 1. The second-order valence-corrected chi connectivity index (χ2v) is 7.00. The Morgan fingerprint density at radius 3 is 2.38 bits per heavy atom. The molecule has 0 spiro atoms. The molecule has 1 fully saturated rings. The fraction of sp³-hybridized carbons (Fsp3) is 0.619. The highest BCUT2D eigenvalue weighted by atomic mass is 16.5. The molecule has 5 nitrogen and oxygen atoms in total. The number of carbonyl (C=O) groups is 2. The number of likely N-dealkylation sites (N-methyl/N-ethyl adjacent to an activating group) is 1. The zero-order valence-corrected chi connectivity index (χ0v) is 16.8. The molecular weight excluding hydrogens is 328 g/mol. The lowest BCUT2D eigenvalue weighted by Crippen LogP contribution is -2.37. The van der Waals surface area contributed by atoms with E-state index in [9.17, 15) is 9.59 Å². The van der Waals surface area contributed by atoms with Crippen LogP contribution >= 0.6 is 0 Å². The van der Waals surface area contributed by atoms with Gasteiger partial charge in [-0.25, -0.2) is 4.79 Å². The molecule has 1 heterocycles. The molecule has 1 aromatic rings. The molecule has 1 aliphatic rings. The van der Waals surface area contributed by atoms with E-state index in [4.69, 9.17) is 4.74 Å². The molecule has 0 radical (unpaired) electrons. The molecule has 0 saturated heterocycles. The minimum Gasteiger partial charge on any atom is -0.462 e. The summed E-state index contributed by atoms with van der Waals surface area (Å²) in [5.41, 5.74) is 3.22. The van der Waals surface area contributed by atoms with Gasteiger partial charge < -0.3 is 14.2 Å². The Balaban J connectivity index is 2.27. The molecule has 1 saturated carbocycles. The van der Waals surface area contributed by atoms with Crippen LogP contribution in [0, 0.1) is 13.8 Å². The third-order valence-electron chi connectivity index (χ3n) is 5.49. The van der Waals surface area contributed by atoms with Crippen LogP contribution in [0.1, 0.15) is 73.3 Å². The third kappa shape index (κ3) is 4.19. The number of aromatic nitrogens is 1. The Bertz CT molecular complexity index is 682. The molecule has 0 aromatic carbocycles. The molecule has 26 heavy (non-hydrogen) atoms. The first-order valence-electron chi connectivity index (χ1n) is 9.73. The maximum Gasteiger partial charge on any atom is 0.340 e. The smallest absolute Gasteiger partial charge is 0.340 e. The highest BCUT2D eigenvalue weighted by molar-refractivity contribution is 5.98. The van der Waals surface area contributed by atoms with E-state index in [2.05, 4.69) is 4.57 Å². The highest BCUT2D eigenvalue weighted by Gasteiger charge is 2.23. The first kappa shape index (κ1) is 20.3. The van der Waals surface area contributed by atoms with Crippen LogP contribution in [0.4, 0.5) is 0 Å². The van der Waals surface area contributed by atoms with Gasteiger partial charge in [0, 0.05) is 42.7 Å². The van der Waals surface area contributed by atoms with E-state index in [0.717, 1.165) is 36.3 Å². The molecule has 0 bridgehead atoms. The van der Waals surface area contributed by atoms with Gasteiger partial charge in [0.2, 0.25) is 5.91 Å². The van der Waals surface area contributed by atoms with Gasteiger partial charge >= 0.3 is 5.97 Å². The fourth-order valence-electron chi connectivity index (χ4n) is 3.97. The van der Waals surface area contributed by atoms with Gasteiger partial charge in [0.1, 0.15) is 0 Å².